The van der Waals surface area contributed by atoms with Gasteiger partial charge in [-0.05, 0) is 25.0 Å². The molecule has 21 heavy (non-hydrogen) atoms. The summed E-state index contributed by atoms with van der Waals surface area (Å²) in [6, 6.07) is 6.63. The van der Waals surface area contributed by atoms with Crippen molar-refractivity contribution in [2.75, 3.05) is 6.61 Å². The Morgan fingerprint density at radius 3 is 2.48 bits per heavy atom. The summed E-state index contributed by atoms with van der Waals surface area (Å²) in [4.78, 5) is 11.5. The molecule has 0 fully saturated rings. The Labute approximate surface area is 121 Å². The van der Waals surface area contributed by atoms with Crippen LogP contribution in [0.2, 0.25) is 0 Å². The zero-order chi connectivity index (χ0) is 16.3. The molecule has 0 radical (unpaired) electrons. The van der Waals surface area contributed by atoms with Crippen molar-refractivity contribution in [3.63, 3.8) is 0 Å². The molecular formula is C15H17F3O3. The molecule has 1 aromatic carbocycles. The molecule has 0 bridgehead atoms. The summed E-state index contributed by atoms with van der Waals surface area (Å²) in [7, 11) is 0. The molecule has 0 saturated heterocycles. The molecule has 6 heteroatoms. The summed E-state index contributed by atoms with van der Waals surface area (Å²) < 4.78 is 43.5. The first-order valence-corrected chi connectivity index (χ1v) is 6.33. The highest BCUT2D eigenvalue weighted by atomic mass is 19.4. The van der Waals surface area contributed by atoms with E-state index in [9.17, 15) is 23.1 Å². The molecule has 1 aromatic rings. The van der Waals surface area contributed by atoms with Crippen molar-refractivity contribution < 1.29 is 27.8 Å². The molecule has 0 spiro atoms. The molecule has 0 saturated carbocycles. The minimum absolute atomic E-state index is 0.00609. The van der Waals surface area contributed by atoms with Gasteiger partial charge in [0.1, 0.15) is 0 Å². The van der Waals surface area contributed by atoms with Crippen molar-refractivity contribution in [3.05, 3.63) is 42.0 Å². The Bertz CT molecular complexity index is 537. The second-order valence-electron chi connectivity index (χ2n) is 4.73. The van der Waals surface area contributed by atoms with E-state index in [1.165, 1.54) is 6.92 Å². The largest absolute Gasteiger partial charge is 0.464 e. The maximum atomic E-state index is 13.0. The van der Waals surface area contributed by atoms with E-state index in [0.717, 1.165) is 5.56 Å². The highest BCUT2D eigenvalue weighted by molar-refractivity contribution is 5.83. The number of benzene rings is 1. The van der Waals surface area contributed by atoms with Crippen LogP contribution >= 0.6 is 0 Å². The van der Waals surface area contributed by atoms with Crippen molar-refractivity contribution in [2.24, 2.45) is 0 Å². The molecule has 0 aliphatic rings. The van der Waals surface area contributed by atoms with Crippen molar-refractivity contribution in [3.8, 4) is 0 Å². The number of carbonyl (C=O) groups is 1. The van der Waals surface area contributed by atoms with Crippen LogP contribution < -0.4 is 0 Å². The molecule has 0 aliphatic carbocycles. The molecule has 0 amide bonds. The maximum Gasteiger partial charge on any atom is 0.428 e. The van der Waals surface area contributed by atoms with Crippen molar-refractivity contribution in [2.45, 2.75) is 32.0 Å². The zero-order valence-electron chi connectivity index (χ0n) is 11.8. The van der Waals surface area contributed by atoms with Crippen LogP contribution in [0.15, 0.2) is 30.8 Å². The van der Waals surface area contributed by atoms with E-state index in [4.69, 9.17) is 0 Å². The Hall–Kier alpha value is -1.82. The normalized spacial score (nSPS) is 14.4. The molecule has 1 rings (SSSR count). The lowest BCUT2D eigenvalue weighted by atomic mass is 9.90. The van der Waals surface area contributed by atoms with Gasteiger partial charge in [-0.1, -0.05) is 36.4 Å². The first-order chi connectivity index (χ1) is 9.61. The fourth-order valence-electron chi connectivity index (χ4n) is 1.81. The van der Waals surface area contributed by atoms with Crippen molar-refractivity contribution >= 4 is 11.5 Å². The van der Waals surface area contributed by atoms with E-state index in [2.05, 4.69) is 11.3 Å². The smallest absolute Gasteiger partial charge is 0.428 e. The number of halogens is 3. The zero-order valence-corrected chi connectivity index (χ0v) is 11.8. The van der Waals surface area contributed by atoms with Gasteiger partial charge in [0.05, 0.1) is 6.61 Å². The van der Waals surface area contributed by atoms with E-state index in [0.29, 0.717) is 5.56 Å². The SMILES string of the molecule is C=C(C[C@@](O)(C(=O)OCC)C(F)(F)F)c1cccc(C)c1. The highest BCUT2D eigenvalue weighted by Gasteiger charge is 2.60. The van der Waals surface area contributed by atoms with Crippen LogP contribution in [-0.4, -0.2) is 29.5 Å². The van der Waals surface area contributed by atoms with E-state index < -0.39 is 24.2 Å². The lowest BCUT2D eigenvalue weighted by Crippen LogP contribution is -2.53. The van der Waals surface area contributed by atoms with E-state index >= 15 is 0 Å². The summed E-state index contributed by atoms with van der Waals surface area (Å²) in [6.45, 7) is 6.42. The third-order valence-corrected chi connectivity index (χ3v) is 2.98. The van der Waals surface area contributed by atoms with Gasteiger partial charge < -0.3 is 9.84 Å². The predicted molar refractivity (Wildman–Crippen MR) is 72.5 cm³/mol. The Morgan fingerprint density at radius 2 is 2.00 bits per heavy atom. The Balaban J connectivity index is 3.08. The van der Waals surface area contributed by atoms with Gasteiger partial charge in [0.25, 0.3) is 5.60 Å². The molecule has 116 valence electrons. The van der Waals surface area contributed by atoms with Gasteiger partial charge in [0.2, 0.25) is 0 Å². The van der Waals surface area contributed by atoms with Crippen LogP contribution in [0.3, 0.4) is 0 Å². The number of ether oxygens (including phenoxy) is 1. The molecule has 3 nitrogen and oxygen atoms in total. The summed E-state index contributed by atoms with van der Waals surface area (Å²) in [6.07, 6.45) is -6.12. The second-order valence-corrected chi connectivity index (χ2v) is 4.73. The van der Waals surface area contributed by atoms with E-state index in [1.54, 1.807) is 31.2 Å². The molecule has 1 N–H and O–H groups in total. The third-order valence-electron chi connectivity index (χ3n) is 2.98. The number of hydrogen-bond acceptors (Lipinski definition) is 3. The minimum atomic E-state index is -5.15. The average molecular weight is 302 g/mol. The van der Waals surface area contributed by atoms with Crippen LogP contribution in [0.25, 0.3) is 5.57 Å². The first-order valence-electron chi connectivity index (χ1n) is 6.33. The highest BCUT2D eigenvalue weighted by Crippen LogP contribution is 2.38. The topological polar surface area (TPSA) is 46.5 Å². The number of aliphatic hydroxyl groups is 1. The van der Waals surface area contributed by atoms with Gasteiger partial charge in [0, 0.05) is 6.42 Å². The summed E-state index contributed by atoms with van der Waals surface area (Å²) in [5.74, 6) is -1.72. The minimum Gasteiger partial charge on any atom is -0.464 e. The molecule has 0 aliphatic heterocycles. The molecule has 0 heterocycles. The standard InChI is InChI=1S/C15H17F3O3/c1-4-21-13(19)14(20,15(16,17)18)9-11(3)12-7-5-6-10(2)8-12/h5-8,20H,3-4,9H2,1-2H3/t14-/m1/s1. The molecule has 0 aromatic heterocycles. The quantitative estimate of drug-likeness (QED) is 0.849. The Morgan fingerprint density at radius 1 is 1.38 bits per heavy atom. The number of rotatable bonds is 5. The maximum absolute atomic E-state index is 13.0. The number of carbonyl (C=O) groups excluding carboxylic acids is 1. The monoisotopic (exact) mass is 302 g/mol. The van der Waals surface area contributed by atoms with Gasteiger partial charge in [-0.3, -0.25) is 0 Å². The predicted octanol–water partition coefficient (Wildman–Crippen LogP) is 3.25. The Kier molecular flexibility index (Phi) is 5.17. The van der Waals surface area contributed by atoms with E-state index in [-0.39, 0.29) is 12.2 Å². The van der Waals surface area contributed by atoms with Gasteiger partial charge in [-0.25, -0.2) is 4.79 Å². The number of alkyl halides is 3. The first kappa shape index (κ1) is 17.2. The molecular weight excluding hydrogens is 285 g/mol. The summed E-state index contributed by atoms with van der Waals surface area (Å²) in [5.41, 5.74) is -2.32. The number of esters is 1. The second kappa shape index (κ2) is 6.30. The van der Waals surface area contributed by atoms with Crippen LogP contribution in [-0.2, 0) is 9.53 Å². The van der Waals surface area contributed by atoms with E-state index in [1.807, 2.05) is 0 Å². The van der Waals surface area contributed by atoms with Crippen LogP contribution in [0.4, 0.5) is 13.2 Å². The lowest BCUT2D eigenvalue weighted by molar-refractivity contribution is -0.260. The fourth-order valence-corrected chi connectivity index (χ4v) is 1.81. The molecule has 0 unspecified atom stereocenters. The number of aryl methyl sites for hydroxylation is 1. The lowest BCUT2D eigenvalue weighted by Gasteiger charge is -2.28. The number of hydrogen-bond donors (Lipinski definition) is 1. The molecule has 1 atom stereocenters. The summed E-state index contributed by atoms with van der Waals surface area (Å²) in [5, 5.41) is 9.79. The average Bonchev–Trinajstić information content (AvgIpc) is 2.37. The van der Waals surface area contributed by atoms with Crippen LogP contribution in [0.5, 0.6) is 0 Å². The van der Waals surface area contributed by atoms with Crippen molar-refractivity contribution in [1.82, 2.24) is 0 Å². The summed E-state index contributed by atoms with van der Waals surface area (Å²) >= 11 is 0. The van der Waals surface area contributed by atoms with Gasteiger partial charge >= 0.3 is 12.1 Å². The van der Waals surface area contributed by atoms with Crippen LogP contribution in [0, 0.1) is 6.92 Å². The third kappa shape index (κ3) is 3.85. The van der Waals surface area contributed by atoms with Gasteiger partial charge in [-0.15, -0.1) is 0 Å². The van der Waals surface area contributed by atoms with Gasteiger partial charge in [0.15, 0.2) is 0 Å². The van der Waals surface area contributed by atoms with Crippen molar-refractivity contribution in [1.29, 1.82) is 0 Å². The fraction of sp³-hybridized carbons (Fsp3) is 0.400. The van der Waals surface area contributed by atoms with Gasteiger partial charge in [-0.2, -0.15) is 13.2 Å². The van der Waals surface area contributed by atoms with Crippen LogP contribution in [0.1, 0.15) is 24.5 Å².